The Balaban J connectivity index is 1.70. The maximum atomic E-state index is 13.1. The fraction of sp³-hybridized carbons (Fsp3) is 0.385. The van der Waals surface area contributed by atoms with Crippen molar-refractivity contribution in [2.45, 2.75) is 12.5 Å². The Hall–Kier alpha value is -1.40. The molecule has 6 heteroatoms. The van der Waals surface area contributed by atoms with Crippen LogP contribution in [0.1, 0.15) is 23.3 Å². The van der Waals surface area contributed by atoms with Crippen LogP contribution in [0.5, 0.6) is 0 Å². The van der Waals surface area contributed by atoms with E-state index in [-0.39, 0.29) is 11.9 Å². The van der Waals surface area contributed by atoms with E-state index < -0.39 is 0 Å². The molecule has 0 aliphatic carbocycles. The molecule has 1 unspecified atom stereocenters. The third-order valence-corrected chi connectivity index (χ3v) is 4.02. The molecule has 0 saturated carbocycles. The fourth-order valence-corrected chi connectivity index (χ4v) is 2.96. The van der Waals surface area contributed by atoms with Gasteiger partial charge in [-0.05, 0) is 17.7 Å². The van der Waals surface area contributed by atoms with Crippen molar-refractivity contribution < 1.29 is 8.91 Å². The number of hydrogen-bond acceptors (Lipinski definition) is 5. The van der Waals surface area contributed by atoms with E-state index in [1.165, 1.54) is 12.1 Å². The number of thioether (sulfide) groups is 1. The van der Waals surface area contributed by atoms with Crippen LogP contribution in [0.2, 0.25) is 0 Å². The number of halogens is 1. The summed E-state index contributed by atoms with van der Waals surface area (Å²) in [7, 11) is 0. The Morgan fingerprint density at radius 1 is 1.47 bits per heavy atom. The summed E-state index contributed by atoms with van der Waals surface area (Å²) in [6.07, 6.45) is 0.487. The quantitative estimate of drug-likeness (QED) is 0.933. The molecule has 0 bridgehead atoms. The first-order valence-electron chi connectivity index (χ1n) is 6.19. The summed E-state index contributed by atoms with van der Waals surface area (Å²) in [4.78, 5) is 4.38. The van der Waals surface area contributed by atoms with Crippen molar-refractivity contribution >= 4 is 11.8 Å². The summed E-state index contributed by atoms with van der Waals surface area (Å²) in [5, 5.41) is 7.30. The Morgan fingerprint density at radius 3 is 3.21 bits per heavy atom. The van der Waals surface area contributed by atoms with Gasteiger partial charge >= 0.3 is 0 Å². The molecule has 1 atom stereocenters. The Kier molecular flexibility index (Phi) is 3.79. The highest BCUT2D eigenvalue weighted by molar-refractivity contribution is 7.99. The lowest BCUT2D eigenvalue weighted by Crippen LogP contribution is -2.30. The summed E-state index contributed by atoms with van der Waals surface area (Å²) in [5.74, 6) is 3.03. The maximum Gasteiger partial charge on any atom is 0.244 e. The van der Waals surface area contributed by atoms with Crippen molar-refractivity contribution in [1.82, 2.24) is 15.5 Å². The first-order valence-corrected chi connectivity index (χ1v) is 7.35. The van der Waals surface area contributed by atoms with Gasteiger partial charge in [0.05, 0.1) is 6.04 Å². The predicted octanol–water partition coefficient (Wildman–Crippen LogP) is 2.18. The van der Waals surface area contributed by atoms with Crippen LogP contribution in [0.15, 0.2) is 28.8 Å². The molecular weight excluding hydrogens is 265 g/mol. The molecule has 1 aliphatic heterocycles. The van der Waals surface area contributed by atoms with Crippen molar-refractivity contribution in [3.05, 3.63) is 47.4 Å². The molecule has 1 aliphatic rings. The van der Waals surface area contributed by atoms with Gasteiger partial charge in [0, 0.05) is 24.5 Å². The van der Waals surface area contributed by atoms with Crippen molar-refractivity contribution in [3.8, 4) is 0 Å². The van der Waals surface area contributed by atoms with Gasteiger partial charge in [-0.2, -0.15) is 16.7 Å². The van der Waals surface area contributed by atoms with E-state index >= 15 is 0 Å². The van der Waals surface area contributed by atoms with Crippen molar-refractivity contribution in [2.24, 2.45) is 0 Å². The molecule has 1 fully saturated rings. The van der Waals surface area contributed by atoms with E-state index in [1.54, 1.807) is 6.07 Å². The largest absolute Gasteiger partial charge is 0.338 e. The Morgan fingerprint density at radius 2 is 2.42 bits per heavy atom. The lowest BCUT2D eigenvalue weighted by Gasteiger charge is -2.19. The molecular formula is C13H14FN3OS. The third kappa shape index (κ3) is 3.13. The van der Waals surface area contributed by atoms with Gasteiger partial charge in [0.25, 0.3) is 0 Å². The molecule has 19 heavy (non-hydrogen) atoms. The zero-order chi connectivity index (χ0) is 13.1. The minimum Gasteiger partial charge on any atom is -0.338 e. The predicted molar refractivity (Wildman–Crippen MR) is 71.6 cm³/mol. The van der Waals surface area contributed by atoms with Gasteiger partial charge in [-0.3, -0.25) is 0 Å². The highest BCUT2D eigenvalue weighted by Gasteiger charge is 2.21. The van der Waals surface area contributed by atoms with Crippen LogP contribution >= 0.6 is 11.8 Å². The molecule has 1 aromatic heterocycles. The number of hydrogen-bond donors (Lipinski definition) is 1. The zero-order valence-corrected chi connectivity index (χ0v) is 11.1. The Labute approximate surface area is 114 Å². The number of benzene rings is 1. The van der Waals surface area contributed by atoms with E-state index in [2.05, 4.69) is 15.5 Å². The third-order valence-electron chi connectivity index (χ3n) is 2.95. The number of nitrogens with zero attached hydrogens (tertiary/aromatic N) is 2. The summed E-state index contributed by atoms with van der Waals surface area (Å²) in [6, 6.07) is 6.59. The van der Waals surface area contributed by atoms with Gasteiger partial charge in [0.1, 0.15) is 5.82 Å². The average Bonchev–Trinajstić information content (AvgIpc) is 2.88. The van der Waals surface area contributed by atoms with E-state index in [0.29, 0.717) is 18.1 Å². The van der Waals surface area contributed by atoms with Gasteiger partial charge in [0.2, 0.25) is 5.89 Å². The molecule has 100 valence electrons. The van der Waals surface area contributed by atoms with Crippen LogP contribution in [-0.2, 0) is 6.42 Å². The minimum atomic E-state index is -0.244. The molecule has 2 heterocycles. The van der Waals surface area contributed by atoms with E-state index in [9.17, 15) is 4.39 Å². The van der Waals surface area contributed by atoms with Crippen LogP contribution < -0.4 is 5.32 Å². The smallest absolute Gasteiger partial charge is 0.244 e. The van der Waals surface area contributed by atoms with E-state index in [0.717, 1.165) is 23.6 Å². The monoisotopic (exact) mass is 279 g/mol. The molecule has 1 N–H and O–H groups in total. The summed E-state index contributed by atoms with van der Waals surface area (Å²) in [5.41, 5.74) is 0.846. The number of rotatable bonds is 3. The van der Waals surface area contributed by atoms with Crippen molar-refractivity contribution in [3.63, 3.8) is 0 Å². The molecule has 3 rings (SSSR count). The number of aromatic nitrogens is 2. The highest BCUT2D eigenvalue weighted by atomic mass is 32.2. The average molecular weight is 279 g/mol. The van der Waals surface area contributed by atoms with Crippen LogP contribution in [0, 0.1) is 5.82 Å². The molecule has 4 nitrogen and oxygen atoms in total. The van der Waals surface area contributed by atoms with Gasteiger partial charge in [0.15, 0.2) is 5.82 Å². The summed E-state index contributed by atoms with van der Waals surface area (Å²) in [6.45, 7) is 0.955. The zero-order valence-electron chi connectivity index (χ0n) is 10.3. The minimum absolute atomic E-state index is 0.132. The van der Waals surface area contributed by atoms with Gasteiger partial charge in [-0.1, -0.05) is 17.3 Å². The van der Waals surface area contributed by atoms with Gasteiger partial charge < -0.3 is 9.84 Å². The molecule has 1 aromatic carbocycles. The van der Waals surface area contributed by atoms with Crippen LogP contribution in [-0.4, -0.2) is 28.2 Å². The first kappa shape index (κ1) is 12.6. The molecule has 1 saturated heterocycles. The molecule has 0 radical (unpaired) electrons. The normalized spacial score (nSPS) is 19.5. The second-order valence-corrected chi connectivity index (χ2v) is 5.59. The van der Waals surface area contributed by atoms with Crippen LogP contribution in [0.4, 0.5) is 4.39 Å². The number of nitrogens with one attached hydrogen (secondary N) is 1. The lowest BCUT2D eigenvalue weighted by atomic mass is 10.1. The summed E-state index contributed by atoms with van der Waals surface area (Å²) < 4.78 is 18.4. The van der Waals surface area contributed by atoms with Crippen LogP contribution in [0.3, 0.4) is 0 Å². The fourth-order valence-electron chi connectivity index (χ4n) is 2.03. The van der Waals surface area contributed by atoms with E-state index in [1.807, 2.05) is 17.8 Å². The topological polar surface area (TPSA) is 51.0 Å². The molecule has 0 amide bonds. The van der Waals surface area contributed by atoms with Gasteiger partial charge in [-0.15, -0.1) is 0 Å². The lowest BCUT2D eigenvalue weighted by molar-refractivity contribution is 0.339. The first-order chi connectivity index (χ1) is 9.31. The van der Waals surface area contributed by atoms with Crippen molar-refractivity contribution in [2.75, 3.05) is 18.1 Å². The van der Waals surface area contributed by atoms with Gasteiger partial charge in [-0.25, -0.2) is 4.39 Å². The second-order valence-electron chi connectivity index (χ2n) is 4.44. The standard InChI is InChI=1S/C13H14FN3OS/c14-10-3-1-2-9(6-10)7-12-16-13(18-17-12)11-8-19-5-4-15-11/h1-3,6,11,15H,4-5,7-8H2. The second kappa shape index (κ2) is 5.71. The van der Waals surface area contributed by atoms with Crippen molar-refractivity contribution in [1.29, 1.82) is 0 Å². The molecule has 0 spiro atoms. The molecule has 2 aromatic rings. The maximum absolute atomic E-state index is 13.1. The van der Waals surface area contributed by atoms with Crippen LogP contribution in [0.25, 0.3) is 0 Å². The van der Waals surface area contributed by atoms with E-state index in [4.69, 9.17) is 4.52 Å². The Bertz CT molecular complexity index is 554. The summed E-state index contributed by atoms with van der Waals surface area (Å²) >= 11 is 1.87. The highest BCUT2D eigenvalue weighted by Crippen LogP contribution is 2.20. The SMILES string of the molecule is Fc1cccc(Cc2noc(C3CSCCN3)n2)c1.